The molecule has 3 N–H and O–H groups in total. The molecule has 1 heterocycles. The maximum atomic E-state index is 12.3. The summed E-state index contributed by atoms with van der Waals surface area (Å²) >= 11 is 0. The van der Waals surface area contributed by atoms with Gasteiger partial charge in [0.1, 0.15) is 5.82 Å². The van der Waals surface area contributed by atoms with E-state index in [-0.39, 0.29) is 24.2 Å². The Morgan fingerprint density at radius 3 is 2.56 bits per heavy atom. The van der Waals surface area contributed by atoms with Crippen LogP contribution >= 0.6 is 0 Å². The molecule has 0 bridgehead atoms. The highest BCUT2D eigenvalue weighted by molar-refractivity contribution is 6.05. The molecule has 1 aromatic carbocycles. The number of hydrogen-bond donors (Lipinski definition) is 3. The number of nitrogens with one attached hydrogen (secondary N) is 3. The van der Waals surface area contributed by atoms with Gasteiger partial charge in [-0.1, -0.05) is 13.0 Å². The number of hydrogen-bond acceptors (Lipinski definition) is 5. The molecule has 0 unspecified atom stereocenters. The molecule has 0 aliphatic carbocycles. The van der Waals surface area contributed by atoms with Crippen molar-refractivity contribution in [3.63, 3.8) is 0 Å². The standard InChI is InChI=1S/C17H20N4O4/c1-3-8-18-15(22)11-6-5-7-12(9-11)16(23)21-13-10-19-14(20-13)17(24)25-4-2/h5-7,9-10H,3-4,8H2,1-2H3,(H,18,22)(H,19,20)(H,21,23). The van der Waals surface area contributed by atoms with Gasteiger partial charge in [-0.2, -0.15) is 0 Å². The summed E-state index contributed by atoms with van der Waals surface area (Å²) in [7, 11) is 0. The van der Waals surface area contributed by atoms with Gasteiger partial charge >= 0.3 is 5.97 Å². The zero-order valence-electron chi connectivity index (χ0n) is 14.1. The lowest BCUT2D eigenvalue weighted by Crippen LogP contribution is -2.24. The molecule has 0 fully saturated rings. The van der Waals surface area contributed by atoms with Gasteiger partial charge in [0.05, 0.1) is 12.8 Å². The number of imidazole rings is 1. The molecule has 2 rings (SSSR count). The third-order valence-corrected chi connectivity index (χ3v) is 3.22. The third kappa shape index (κ3) is 4.90. The van der Waals surface area contributed by atoms with Crippen molar-refractivity contribution in [1.82, 2.24) is 15.3 Å². The van der Waals surface area contributed by atoms with Crippen molar-refractivity contribution in [2.45, 2.75) is 20.3 Å². The van der Waals surface area contributed by atoms with Crippen molar-refractivity contribution in [2.24, 2.45) is 0 Å². The first-order valence-corrected chi connectivity index (χ1v) is 7.96. The van der Waals surface area contributed by atoms with E-state index in [4.69, 9.17) is 4.74 Å². The van der Waals surface area contributed by atoms with Crippen LogP contribution < -0.4 is 10.6 Å². The Kier molecular flexibility index (Phi) is 6.27. The van der Waals surface area contributed by atoms with Gasteiger partial charge in [-0.3, -0.25) is 9.59 Å². The molecule has 0 radical (unpaired) electrons. The van der Waals surface area contributed by atoms with Gasteiger partial charge in [0, 0.05) is 17.7 Å². The predicted octanol–water partition coefficient (Wildman–Crippen LogP) is 1.98. The number of rotatable bonds is 7. The van der Waals surface area contributed by atoms with Crippen LogP contribution in [0.15, 0.2) is 30.5 Å². The van der Waals surface area contributed by atoms with Gasteiger partial charge in [0.15, 0.2) is 0 Å². The fraction of sp³-hybridized carbons (Fsp3) is 0.294. The van der Waals surface area contributed by atoms with Crippen LogP contribution in [0.2, 0.25) is 0 Å². The molecule has 132 valence electrons. The van der Waals surface area contributed by atoms with Crippen LogP contribution in [0.3, 0.4) is 0 Å². The Hall–Kier alpha value is -3.16. The molecule has 1 aromatic heterocycles. The van der Waals surface area contributed by atoms with E-state index in [0.717, 1.165) is 6.42 Å². The van der Waals surface area contributed by atoms with Crippen LogP contribution in [0.25, 0.3) is 0 Å². The van der Waals surface area contributed by atoms with Crippen LogP contribution in [-0.4, -0.2) is 40.9 Å². The number of nitrogens with zero attached hydrogens (tertiary/aromatic N) is 1. The number of anilines is 1. The second kappa shape index (κ2) is 8.62. The van der Waals surface area contributed by atoms with Crippen LogP contribution in [0.4, 0.5) is 5.82 Å². The zero-order valence-corrected chi connectivity index (χ0v) is 14.1. The first-order valence-electron chi connectivity index (χ1n) is 7.96. The average molecular weight is 344 g/mol. The molecule has 0 atom stereocenters. The summed E-state index contributed by atoms with van der Waals surface area (Å²) in [5, 5.41) is 5.34. The lowest BCUT2D eigenvalue weighted by molar-refractivity contribution is 0.0513. The van der Waals surface area contributed by atoms with Crippen molar-refractivity contribution >= 4 is 23.6 Å². The van der Waals surface area contributed by atoms with Gasteiger partial charge in [-0.25, -0.2) is 9.78 Å². The van der Waals surface area contributed by atoms with Crippen molar-refractivity contribution in [3.05, 3.63) is 47.4 Å². The van der Waals surface area contributed by atoms with E-state index < -0.39 is 11.9 Å². The Bertz CT molecular complexity index is 770. The minimum atomic E-state index is -0.599. The van der Waals surface area contributed by atoms with Crippen molar-refractivity contribution in [2.75, 3.05) is 18.5 Å². The molecule has 2 amide bonds. The maximum Gasteiger partial charge on any atom is 0.374 e. The van der Waals surface area contributed by atoms with Gasteiger partial charge in [-0.15, -0.1) is 0 Å². The molecule has 0 saturated carbocycles. The number of carbonyl (C=O) groups is 3. The summed E-state index contributed by atoms with van der Waals surface area (Å²) in [4.78, 5) is 42.3. The number of aromatic nitrogens is 2. The highest BCUT2D eigenvalue weighted by Gasteiger charge is 2.14. The van der Waals surface area contributed by atoms with E-state index in [1.165, 1.54) is 12.3 Å². The topological polar surface area (TPSA) is 113 Å². The summed E-state index contributed by atoms with van der Waals surface area (Å²) in [5.74, 6) is -0.997. The van der Waals surface area contributed by atoms with Gasteiger partial charge in [0.25, 0.3) is 11.8 Å². The fourth-order valence-electron chi connectivity index (χ4n) is 2.02. The summed E-state index contributed by atoms with van der Waals surface area (Å²) in [6.07, 6.45) is 2.15. The van der Waals surface area contributed by atoms with Gasteiger partial charge in [-0.05, 0) is 31.5 Å². The highest BCUT2D eigenvalue weighted by Crippen LogP contribution is 2.10. The first kappa shape index (κ1) is 18.2. The quantitative estimate of drug-likeness (QED) is 0.665. The normalized spacial score (nSPS) is 10.2. The van der Waals surface area contributed by atoms with E-state index in [1.807, 2.05) is 6.92 Å². The molecular weight excluding hydrogens is 324 g/mol. The van der Waals surface area contributed by atoms with Crippen LogP contribution in [0.1, 0.15) is 51.6 Å². The van der Waals surface area contributed by atoms with Crippen molar-refractivity contribution < 1.29 is 19.1 Å². The second-order valence-electron chi connectivity index (χ2n) is 5.16. The third-order valence-electron chi connectivity index (χ3n) is 3.22. The molecule has 0 aliphatic rings. The number of benzene rings is 1. The molecule has 0 saturated heterocycles. The lowest BCUT2D eigenvalue weighted by atomic mass is 10.1. The Morgan fingerprint density at radius 1 is 1.16 bits per heavy atom. The van der Waals surface area contributed by atoms with E-state index >= 15 is 0 Å². The number of carbonyl (C=O) groups excluding carboxylic acids is 3. The average Bonchev–Trinajstić information content (AvgIpc) is 3.08. The Morgan fingerprint density at radius 2 is 1.88 bits per heavy atom. The second-order valence-corrected chi connectivity index (χ2v) is 5.16. The maximum absolute atomic E-state index is 12.3. The molecular formula is C17H20N4O4. The van der Waals surface area contributed by atoms with Gasteiger partial charge < -0.3 is 20.4 Å². The van der Waals surface area contributed by atoms with Crippen LogP contribution in [0.5, 0.6) is 0 Å². The number of aromatic amines is 1. The van der Waals surface area contributed by atoms with E-state index in [1.54, 1.807) is 25.1 Å². The number of H-pyrrole nitrogens is 1. The van der Waals surface area contributed by atoms with Crippen molar-refractivity contribution in [1.29, 1.82) is 0 Å². The fourth-order valence-corrected chi connectivity index (χ4v) is 2.02. The van der Waals surface area contributed by atoms with E-state index in [9.17, 15) is 14.4 Å². The Balaban J connectivity index is 2.06. The predicted molar refractivity (Wildman–Crippen MR) is 91.6 cm³/mol. The summed E-state index contributed by atoms with van der Waals surface area (Å²) in [6.45, 7) is 4.44. The van der Waals surface area contributed by atoms with E-state index in [0.29, 0.717) is 17.7 Å². The minimum absolute atomic E-state index is 0.00449. The van der Waals surface area contributed by atoms with Crippen molar-refractivity contribution in [3.8, 4) is 0 Å². The Labute approximate surface area is 145 Å². The number of amides is 2. The monoisotopic (exact) mass is 344 g/mol. The molecule has 8 heteroatoms. The first-order chi connectivity index (χ1) is 12.0. The molecule has 0 aliphatic heterocycles. The van der Waals surface area contributed by atoms with E-state index in [2.05, 4.69) is 20.6 Å². The SMILES string of the molecule is CCCNC(=O)c1cccc(C(=O)Nc2cnc(C(=O)OCC)[nH]2)c1. The smallest absolute Gasteiger partial charge is 0.374 e. The number of ether oxygens (including phenoxy) is 1. The summed E-state index contributed by atoms with van der Waals surface area (Å²) in [5.41, 5.74) is 0.717. The molecule has 25 heavy (non-hydrogen) atoms. The van der Waals surface area contributed by atoms with Gasteiger partial charge in [0.2, 0.25) is 5.82 Å². The van der Waals surface area contributed by atoms with Crippen LogP contribution in [-0.2, 0) is 4.74 Å². The molecule has 0 spiro atoms. The summed E-state index contributed by atoms with van der Waals surface area (Å²) < 4.78 is 4.82. The van der Waals surface area contributed by atoms with Crippen LogP contribution in [0, 0.1) is 0 Å². The largest absolute Gasteiger partial charge is 0.460 e. The molecule has 8 nitrogen and oxygen atoms in total. The minimum Gasteiger partial charge on any atom is -0.460 e. The number of esters is 1. The highest BCUT2D eigenvalue weighted by atomic mass is 16.5. The lowest BCUT2D eigenvalue weighted by Gasteiger charge is -2.06. The summed E-state index contributed by atoms with van der Waals surface area (Å²) in [6, 6.07) is 6.36. The molecule has 2 aromatic rings. The zero-order chi connectivity index (χ0) is 18.2.